The van der Waals surface area contributed by atoms with Crippen LogP contribution in [-0.2, 0) is 9.59 Å². The van der Waals surface area contributed by atoms with E-state index in [0.29, 0.717) is 12.8 Å². The molecule has 18 heavy (non-hydrogen) atoms. The monoisotopic (exact) mass is 254 g/mol. The molecule has 5 nitrogen and oxygen atoms in total. The minimum atomic E-state index is -1.03. The molecule has 1 aliphatic carbocycles. The summed E-state index contributed by atoms with van der Waals surface area (Å²) in [4.78, 5) is 23.6. The van der Waals surface area contributed by atoms with E-state index < -0.39 is 11.5 Å². The number of carbonyl (C=O) groups excluding carboxylic acids is 1. The first-order valence-corrected chi connectivity index (χ1v) is 6.93. The minimum absolute atomic E-state index is 0.142. The van der Waals surface area contributed by atoms with E-state index in [0.717, 1.165) is 45.1 Å². The zero-order valence-corrected chi connectivity index (χ0v) is 10.7. The summed E-state index contributed by atoms with van der Waals surface area (Å²) in [5.41, 5.74) is -1.03. The van der Waals surface area contributed by atoms with Crippen molar-refractivity contribution in [1.82, 2.24) is 10.6 Å². The molecular formula is C13H22N2O3. The van der Waals surface area contributed by atoms with Gasteiger partial charge in [0, 0.05) is 0 Å². The van der Waals surface area contributed by atoms with Gasteiger partial charge in [-0.1, -0.05) is 25.7 Å². The van der Waals surface area contributed by atoms with Gasteiger partial charge in [-0.3, -0.25) is 4.79 Å². The fourth-order valence-corrected chi connectivity index (χ4v) is 2.96. The quantitative estimate of drug-likeness (QED) is 0.657. The first kappa shape index (κ1) is 13.3. The average molecular weight is 254 g/mol. The fraction of sp³-hybridized carbons (Fsp3) is 0.846. The number of aliphatic carboxylic acids is 1. The lowest BCUT2D eigenvalue weighted by Crippen LogP contribution is -2.57. The molecule has 1 saturated heterocycles. The average Bonchev–Trinajstić information content (AvgIpc) is 2.77. The van der Waals surface area contributed by atoms with Crippen LogP contribution in [-0.4, -0.2) is 35.1 Å². The van der Waals surface area contributed by atoms with Crippen molar-refractivity contribution in [3.63, 3.8) is 0 Å². The van der Waals surface area contributed by atoms with Gasteiger partial charge in [-0.05, 0) is 32.2 Å². The van der Waals surface area contributed by atoms with Crippen molar-refractivity contribution in [3.8, 4) is 0 Å². The molecule has 2 rings (SSSR count). The molecule has 0 bridgehead atoms. The van der Waals surface area contributed by atoms with Crippen LogP contribution < -0.4 is 10.6 Å². The zero-order valence-electron chi connectivity index (χ0n) is 10.7. The van der Waals surface area contributed by atoms with Gasteiger partial charge in [0.15, 0.2) is 0 Å². The molecule has 1 aliphatic heterocycles. The normalized spacial score (nSPS) is 27.4. The molecule has 0 aromatic rings. The van der Waals surface area contributed by atoms with Gasteiger partial charge in [-0.15, -0.1) is 0 Å². The number of hydrogen-bond acceptors (Lipinski definition) is 3. The van der Waals surface area contributed by atoms with Crippen molar-refractivity contribution >= 4 is 11.9 Å². The van der Waals surface area contributed by atoms with Crippen LogP contribution in [0.2, 0.25) is 0 Å². The SMILES string of the molecule is O=C(NC1(C(=O)O)CCCCCC1)[C@@H]1CCCN1. The molecular weight excluding hydrogens is 232 g/mol. The van der Waals surface area contributed by atoms with Crippen molar-refractivity contribution in [2.24, 2.45) is 0 Å². The number of hydrogen-bond donors (Lipinski definition) is 3. The third kappa shape index (κ3) is 2.83. The smallest absolute Gasteiger partial charge is 0.329 e. The number of carboxylic acids is 1. The van der Waals surface area contributed by atoms with Crippen LogP contribution in [0.15, 0.2) is 0 Å². The van der Waals surface area contributed by atoms with Gasteiger partial charge in [-0.25, -0.2) is 4.79 Å². The molecule has 1 atom stereocenters. The third-order valence-corrected chi connectivity index (χ3v) is 4.11. The first-order chi connectivity index (χ1) is 8.64. The van der Waals surface area contributed by atoms with Gasteiger partial charge in [0.2, 0.25) is 5.91 Å². The molecule has 1 saturated carbocycles. The topological polar surface area (TPSA) is 78.4 Å². The molecule has 0 aromatic heterocycles. The Labute approximate surface area is 107 Å². The van der Waals surface area contributed by atoms with Crippen LogP contribution in [0.5, 0.6) is 0 Å². The second-order valence-corrected chi connectivity index (χ2v) is 5.44. The van der Waals surface area contributed by atoms with Crippen LogP contribution in [0, 0.1) is 0 Å². The Morgan fingerprint density at radius 3 is 2.28 bits per heavy atom. The van der Waals surface area contributed by atoms with Crippen LogP contribution >= 0.6 is 0 Å². The molecule has 0 unspecified atom stereocenters. The lowest BCUT2D eigenvalue weighted by atomic mass is 9.89. The maximum absolute atomic E-state index is 12.1. The molecule has 0 radical (unpaired) electrons. The van der Waals surface area contributed by atoms with Gasteiger partial charge in [0.25, 0.3) is 0 Å². The van der Waals surface area contributed by atoms with Crippen molar-refractivity contribution in [3.05, 3.63) is 0 Å². The van der Waals surface area contributed by atoms with E-state index in [4.69, 9.17) is 0 Å². The van der Waals surface area contributed by atoms with Crippen molar-refractivity contribution < 1.29 is 14.7 Å². The second kappa shape index (κ2) is 5.69. The van der Waals surface area contributed by atoms with E-state index in [1.165, 1.54) is 0 Å². The molecule has 102 valence electrons. The Kier molecular flexibility index (Phi) is 4.22. The highest BCUT2D eigenvalue weighted by molar-refractivity contribution is 5.89. The Hall–Kier alpha value is -1.10. The fourth-order valence-electron chi connectivity index (χ4n) is 2.96. The second-order valence-electron chi connectivity index (χ2n) is 5.44. The molecule has 0 aromatic carbocycles. The number of nitrogens with one attached hydrogen (secondary N) is 2. The summed E-state index contributed by atoms with van der Waals surface area (Å²) in [5.74, 6) is -1.02. The lowest BCUT2D eigenvalue weighted by molar-refractivity contribution is -0.148. The summed E-state index contributed by atoms with van der Waals surface area (Å²) >= 11 is 0. The Morgan fingerprint density at radius 2 is 1.78 bits per heavy atom. The number of carboxylic acid groups (broad SMARTS) is 1. The molecule has 3 N–H and O–H groups in total. The highest BCUT2D eigenvalue weighted by Gasteiger charge is 2.41. The van der Waals surface area contributed by atoms with Gasteiger partial charge in [0.05, 0.1) is 6.04 Å². The Balaban J connectivity index is 2.04. The molecule has 2 fully saturated rings. The van der Waals surface area contributed by atoms with E-state index in [-0.39, 0.29) is 11.9 Å². The van der Waals surface area contributed by atoms with Gasteiger partial charge in [-0.2, -0.15) is 0 Å². The van der Waals surface area contributed by atoms with E-state index in [1.807, 2.05) is 0 Å². The highest BCUT2D eigenvalue weighted by atomic mass is 16.4. The summed E-state index contributed by atoms with van der Waals surface area (Å²) in [6.45, 7) is 0.845. The van der Waals surface area contributed by atoms with E-state index in [2.05, 4.69) is 10.6 Å². The molecule has 1 amide bonds. The maximum atomic E-state index is 12.1. The maximum Gasteiger partial charge on any atom is 0.329 e. The summed E-state index contributed by atoms with van der Waals surface area (Å²) in [6, 6.07) is -0.204. The third-order valence-electron chi connectivity index (χ3n) is 4.11. The molecule has 1 heterocycles. The minimum Gasteiger partial charge on any atom is -0.480 e. The highest BCUT2D eigenvalue weighted by Crippen LogP contribution is 2.27. The first-order valence-electron chi connectivity index (χ1n) is 6.93. The summed E-state index contributed by atoms with van der Waals surface area (Å²) in [7, 11) is 0. The Morgan fingerprint density at radius 1 is 1.11 bits per heavy atom. The largest absolute Gasteiger partial charge is 0.480 e. The van der Waals surface area contributed by atoms with Crippen molar-refractivity contribution in [1.29, 1.82) is 0 Å². The van der Waals surface area contributed by atoms with Crippen LogP contribution in [0.1, 0.15) is 51.4 Å². The summed E-state index contributed by atoms with van der Waals surface area (Å²) in [6.07, 6.45) is 6.79. The van der Waals surface area contributed by atoms with E-state index in [1.54, 1.807) is 0 Å². The molecule has 0 spiro atoms. The molecule has 5 heteroatoms. The number of carbonyl (C=O) groups is 2. The zero-order chi connectivity index (χ0) is 13.0. The van der Waals surface area contributed by atoms with Crippen LogP contribution in [0.4, 0.5) is 0 Å². The van der Waals surface area contributed by atoms with E-state index in [9.17, 15) is 14.7 Å². The number of amides is 1. The standard InChI is InChI=1S/C13H22N2O3/c16-11(10-6-5-9-14-10)15-13(12(17)18)7-3-1-2-4-8-13/h10,14H,1-9H2,(H,15,16)(H,17,18)/t10-/m0/s1. The van der Waals surface area contributed by atoms with E-state index >= 15 is 0 Å². The summed E-state index contributed by atoms with van der Waals surface area (Å²) < 4.78 is 0. The van der Waals surface area contributed by atoms with Crippen molar-refractivity contribution in [2.75, 3.05) is 6.54 Å². The lowest BCUT2D eigenvalue weighted by Gasteiger charge is -2.30. The summed E-state index contributed by atoms with van der Waals surface area (Å²) in [5, 5.41) is 15.4. The molecule has 2 aliphatic rings. The van der Waals surface area contributed by atoms with Crippen LogP contribution in [0.25, 0.3) is 0 Å². The van der Waals surface area contributed by atoms with Gasteiger partial charge in [0.1, 0.15) is 5.54 Å². The van der Waals surface area contributed by atoms with Gasteiger partial charge >= 0.3 is 5.97 Å². The van der Waals surface area contributed by atoms with Crippen LogP contribution in [0.3, 0.4) is 0 Å². The van der Waals surface area contributed by atoms with Gasteiger partial charge < -0.3 is 15.7 Å². The Bertz CT molecular complexity index is 316. The van der Waals surface area contributed by atoms with Crippen molar-refractivity contribution in [2.45, 2.75) is 62.9 Å². The number of rotatable bonds is 3. The predicted octanol–water partition coefficient (Wildman–Crippen LogP) is 1.03. The predicted molar refractivity (Wildman–Crippen MR) is 67.2 cm³/mol.